The van der Waals surface area contributed by atoms with Gasteiger partial charge in [0.2, 0.25) is 10.0 Å². The van der Waals surface area contributed by atoms with E-state index < -0.39 is 10.0 Å². The van der Waals surface area contributed by atoms with Crippen molar-refractivity contribution in [2.24, 2.45) is 11.8 Å². The van der Waals surface area contributed by atoms with Gasteiger partial charge in [0.25, 0.3) is 0 Å². The highest BCUT2D eigenvalue weighted by atomic mass is 127. The van der Waals surface area contributed by atoms with Crippen LogP contribution in [0.1, 0.15) is 0 Å². The van der Waals surface area contributed by atoms with Crippen molar-refractivity contribution in [1.82, 2.24) is 9.62 Å². The molecule has 0 saturated carbocycles. The minimum atomic E-state index is -3.30. The summed E-state index contributed by atoms with van der Waals surface area (Å²) in [6.45, 7) is 3.21. The van der Waals surface area contributed by atoms with Crippen LogP contribution >= 0.6 is 35.0 Å². The van der Waals surface area contributed by atoms with Crippen LogP contribution in [0.3, 0.4) is 0 Å². The summed E-state index contributed by atoms with van der Waals surface area (Å²) in [5.74, 6) is 0.977. The van der Waals surface area contributed by atoms with Gasteiger partial charge in [-0.3, -0.25) is 0 Å². The number of halogens is 2. The largest absolute Gasteiger partial charge is 0.316 e. The first kappa shape index (κ1) is 15.5. The summed E-state index contributed by atoms with van der Waals surface area (Å²) in [4.78, 5) is 0.419. The van der Waals surface area contributed by atoms with Gasteiger partial charge >= 0.3 is 0 Å². The van der Waals surface area contributed by atoms with Gasteiger partial charge in [0.1, 0.15) is 0 Å². The fourth-order valence-electron chi connectivity index (χ4n) is 2.79. The second-order valence-electron chi connectivity index (χ2n) is 4.96. The van der Waals surface area contributed by atoms with E-state index in [1.807, 2.05) is 6.07 Å². The summed E-state index contributed by atoms with van der Waals surface area (Å²) in [5.41, 5.74) is 0. The molecule has 0 amide bonds. The van der Waals surface area contributed by atoms with Crippen LogP contribution in [0.15, 0.2) is 29.2 Å². The third kappa shape index (κ3) is 2.92. The van der Waals surface area contributed by atoms with E-state index in [0.29, 0.717) is 29.8 Å². The predicted molar refractivity (Wildman–Crippen MR) is 85.0 cm³/mol. The summed E-state index contributed by atoms with van der Waals surface area (Å²) in [6.07, 6.45) is 0. The maximum Gasteiger partial charge on any atom is 0.243 e. The van der Waals surface area contributed by atoms with Crippen molar-refractivity contribution < 1.29 is 8.42 Å². The Kier molecular flexibility index (Phi) is 4.77. The van der Waals surface area contributed by atoms with Gasteiger partial charge in [0.15, 0.2) is 0 Å². The molecular formula is C12H16ClIN2O2S. The molecular weight excluding hydrogens is 399 g/mol. The molecule has 106 valence electrons. The highest BCUT2D eigenvalue weighted by Crippen LogP contribution is 2.30. The van der Waals surface area contributed by atoms with Gasteiger partial charge in [-0.25, -0.2) is 8.42 Å². The molecule has 2 saturated heterocycles. The quantitative estimate of drug-likeness (QED) is 0.747. The zero-order valence-electron chi connectivity index (χ0n) is 10.3. The molecule has 0 aromatic heterocycles. The number of nitrogens with one attached hydrogen (secondary N) is 1. The van der Waals surface area contributed by atoms with Gasteiger partial charge in [-0.05, 0) is 65.7 Å². The maximum atomic E-state index is 12.5. The van der Waals surface area contributed by atoms with Crippen molar-refractivity contribution in [3.05, 3.63) is 27.8 Å². The van der Waals surface area contributed by atoms with Crippen LogP contribution in [0.2, 0.25) is 0 Å². The van der Waals surface area contributed by atoms with E-state index in [1.54, 1.807) is 22.5 Å². The fourth-order valence-corrected chi connectivity index (χ4v) is 5.14. The normalized spacial score (nSPS) is 27.0. The Morgan fingerprint density at radius 2 is 1.84 bits per heavy atom. The Bertz CT molecular complexity index is 555. The van der Waals surface area contributed by atoms with Crippen LogP contribution in [-0.4, -0.2) is 38.9 Å². The van der Waals surface area contributed by atoms with Crippen LogP contribution in [-0.2, 0) is 10.0 Å². The number of nitrogens with zero attached hydrogens (tertiary/aromatic N) is 1. The summed E-state index contributed by atoms with van der Waals surface area (Å²) in [6, 6.07) is 7.13. The minimum Gasteiger partial charge on any atom is -0.316 e. The molecule has 2 aliphatic rings. The van der Waals surface area contributed by atoms with Gasteiger partial charge in [-0.15, -0.1) is 12.4 Å². The lowest BCUT2D eigenvalue weighted by atomic mass is 10.0. The summed E-state index contributed by atoms with van der Waals surface area (Å²) in [7, 11) is -3.30. The summed E-state index contributed by atoms with van der Waals surface area (Å²) < 4.78 is 27.6. The van der Waals surface area contributed by atoms with Gasteiger partial charge in [0.05, 0.1) is 4.90 Å². The monoisotopic (exact) mass is 414 g/mol. The van der Waals surface area contributed by atoms with E-state index in [9.17, 15) is 8.42 Å². The van der Waals surface area contributed by atoms with Gasteiger partial charge in [-0.1, -0.05) is 6.07 Å². The Labute approximate surface area is 133 Å². The average Bonchev–Trinajstić information content (AvgIpc) is 2.89. The highest BCUT2D eigenvalue weighted by molar-refractivity contribution is 14.1. The van der Waals surface area contributed by atoms with Crippen molar-refractivity contribution in [2.45, 2.75) is 4.90 Å². The topological polar surface area (TPSA) is 49.4 Å². The molecule has 1 N–H and O–H groups in total. The Hall–Kier alpha value is 0.110. The van der Waals surface area contributed by atoms with Crippen LogP contribution in [0, 0.1) is 15.4 Å². The summed E-state index contributed by atoms with van der Waals surface area (Å²) in [5, 5.41) is 3.32. The molecule has 0 spiro atoms. The second kappa shape index (κ2) is 5.85. The van der Waals surface area contributed by atoms with E-state index in [4.69, 9.17) is 0 Å². The Morgan fingerprint density at radius 1 is 1.21 bits per heavy atom. The van der Waals surface area contributed by atoms with Gasteiger partial charge in [-0.2, -0.15) is 4.31 Å². The number of rotatable bonds is 2. The highest BCUT2D eigenvalue weighted by Gasteiger charge is 2.41. The van der Waals surface area contributed by atoms with Crippen LogP contribution in [0.5, 0.6) is 0 Å². The molecule has 2 fully saturated rings. The van der Waals surface area contributed by atoms with E-state index in [1.165, 1.54) is 0 Å². The van der Waals surface area contributed by atoms with E-state index in [0.717, 1.165) is 16.7 Å². The van der Waals surface area contributed by atoms with E-state index >= 15 is 0 Å². The average molecular weight is 415 g/mol. The Morgan fingerprint density at radius 3 is 2.42 bits per heavy atom. The van der Waals surface area contributed by atoms with Crippen molar-refractivity contribution >= 4 is 45.0 Å². The van der Waals surface area contributed by atoms with E-state index in [-0.39, 0.29) is 12.4 Å². The molecule has 0 aliphatic carbocycles. The first-order valence-corrected chi connectivity index (χ1v) is 8.56. The number of hydrogen-bond donors (Lipinski definition) is 1. The van der Waals surface area contributed by atoms with Gasteiger partial charge in [0, 0.05) is 16.7 Å². The summed E-state index contributed by atoms with van der Waals surface area (Å²) >= 11 is 2.14. The maximum absolute atomic E-state index is 12.5. The molecule has 2 atom stereocenters. The first-order valence-electron chi connectivity index (χ1n) is 6.04. The lowest BCUT2D eigenvalue weighted by Gasteiger charge is -2.17. The number of hydrogen-bond acceptors (Lipinski definition) is 3. The lowest BCUT2D eigenvalue weighted by molar-refractivity contribution is 0.448. The third-order valence-corrected chi connectivity index (χ3v) is 6.29. The second-order valence-corrected chi connectivity index (χ2v) is 8.14. The van der Waals surface area contributed by atoms with Crippen LogP contribution < -0.4 is 5.32 Å². The molecule has 0 bridgehead atoms. The van der Waals surface area contributed by atoms with Crippen molar-refractivity contribution in [3.63, 3.8) is 0 Å². The molecule has 4 nitrogen and oxygen atoms in total. The molecule has 0 unspecified atom stereocenters. The molecule has 2 heterocycles. The SMILES string of the molecule is Cl.O=S(=O)(c1cccc(I)c1)N1C[C@H]2CNC[C@H]2C1. The third-order valence-electron chi connectivity index (χ3n) is 3.79. The standard InChI is InChI=1S/C12H15IN2O2S.ClH/c13-11-2-1-3-12(4-11)18(16,17)15-7-9-5-14-6-10(9)8-15;/h1-4,9-10,14H,5-8H2;1H/t9-,10+;. The number of benzene rings is 1. The smallest absolute Gasteiger partial charge is 0.243 e. The van der Waals surface area contributed by atoms with Crippen molar-refractivity contribution in [1.29, 1.82) is 0 Å². The van der Waals surface area contributed by atoms with Gasteiger partial charge < -0.3 is 5.32 Å². The number of sulfonamides is 1. The number of fused-ring (bicyclic) bond motifs is 1. The predicted octanol–water partition coefficient (Wildman–Crippen LogP) is 1.55. The molecule has 7 heteroatoms. The molecule has 3 rings (SSSR count). The molecule has 2 aliphatic heterocycles. The molecule has 19 heavy (non-hydrogen) atoms. The lowest BCUT2D eigenvalue weighted by Crippen LogP contribution is -2.31. The zero-order valence-corrected chi connectivity index (χ0v) is 14.0. The van der Waals surface area contributed by atoms with Crippen molar-refractivity contribution in [3.8, 4) is 0 Å². The van der Waals surface area contributed by atoms with Crippen molar-refractivity contribution in [2.75, 3.05) is 26.2 Å². The first-order chi connectivity index (χ1) is 8.57. The van der Waals surface area contributed by atoms with E-state index in [2.05, 4.69) is 27.9 Å². The fraction of sp³-hybridized carbons (Fsp3) is 0.500. The molecule has 0 radical (unpaired) electrons. The molecule has 1 aromatic rings. The molecule has 1 aromatic carbocycles. The minimum absolute atomic E-state index is 0. The Balaban J connectivity index is 0.00000133. The van der Waals surface area contributed by atoms with Crippen LogP contribution in [0.4, 0.5) is 0 Å². The zero-order chi connectivity index (χ0) is 12.8. The van der Waals surface area contributed by atoms with Crippen LogP contribution in [0.25, 0.3) is 0 Å².